The standard InChI is InChI=1S/C15H28N4OS/c1-5-16-15(17-8-6-10-20-12(2)3)18-9-7-14-11-21-13(4)19-14/h11-12H,5-10H2,1-4H3,(H2,16,17,18). The van der Waals surface area contributed by atoms with Gasteiger partial charge < -0.3 is 15.4 Å². The topological polar surface area (TPSA) is 58.5 Å². The number of thiazole rings is 1. The van der Waals surface area contributed by atoms with Crippen LogP contribution in [-0.4, -0.2) is 43.3 Å². The molecule has 2 N–H and O–H groups in total. The molecule has 0 aromatic carbocycles. The van der Waals surface area contributed by atoms with Crippen LogP contribution in [0, 0.1) is 6.92 Å². The third-order valence-corrected chi connectivity index (χ3v) is 3.53. The van der Waals surface area contributed by atoms with Crippen LogP contribution in [0.3, 0.4) is 0 Å². The Balaban J connectivity index is 2.24. The third-order valence-electron chi connectivity index (χ3n) is 2.71. The molecule has 1 rings (SSSR count). The van der Waals surface area contributed by atoms with E-state index >= 15 is 0 Å². The van der Waals surface area contributed by atoms with Crippen LogP contribution in [0.15, 0.2) is 10.4 Å². The summed E-state index contributed by atoms with van der Waals surface area (Å²) in [5, 5.41) is 9.83. The Morgan fingerprint density at radius 1 is 1.43 bits per heavy atom. The number of hydrogen-bond acceptors (Lipinski definition) is 4. The fourth-order valence-corrected chi connectivity index (χ4v) is 2.40. The van der Waals surface area contributed by atoms with E-state index in [1.54, 1.807) is 11.3 Å². The highest BCUT2D eigenvalue weighted by atomic mass is 32.1. The Hall–Kier alpha value is -1.14. The number of aromatic nitrogens is 1. The van der Waals surface area contributed by atoms with E-state index in [2.05, 4.69) is 46.8 Å². The number of aryl methyl sites for hydroxylation is 1. The second-order valence-electron chi connectivity index (χ2n) is 5.07. The highest BCUT2D eigenvalue weighted by molar-refractivity contribution is 7.09. The normalized spacial score (nSPS) is 12.0. The summed E-state index contributed by atoms with van der Waals surface area (Å²) in [6.07, 6.45) is 2.16. The molecule has 0 aliphatic carbocycles. The van der Waals surface area contributed by atoms with E-state index in [1.807, 2.05) is 6.92 Å². The maximum absolute atomic E-state index is 5.51. The maximum atomic E-state index is 5.51. The minimum Gasteiger partial charge on any atom is -0.379 e. The molecule has 0 fully saturated rings. The predicted molar refractivity (Wildman–Crippen MR) is 90.2 cm³/mol. The average molecular weight is 312 g/mol. The lowest BCUT2D eigenvalue weighted by Gasteiger charge is -2.11. The Bertz CT molecular complexity index is 418. The van der Waals surface area contributed by atoms with Crippen molar-refractivity contribution in [3.63, 3.8) is 0 Å². The monoisotopic (exact) mass is 312 g/mol. The van der Waals surface area contributed by atoms with Gasteiger partial charge in [0.2, 0.25) is 0 Å². The van der Waals surface area contributed by atoms with Gasteiger partial charge in [-0.3, -0.25) is 4.99 Å². The summed E-state index contributed by atoms with van der Waals surface area (Å²) in [6, 6.07) is 0. The van der Waals surface area contributed by atoms with Crippen molar-refractivity contribution in [2.75, 3.05) is 26.2 Å². The lowest BCUT2D eigenvalue weighted by atomic mass is 10.3. The SMILES string of the molecule is CCNC(=NCCCOC(C)C)NCCc1csc(C)n1. The van der Waals surface area contributed by atoms with Gasteiger partial charge >= 0.3 is 0 Å². The fourth-order valence-electron chi connectivity index (χ4n) is 1.75. The Labute approximate surface area is 132 Å². The van der Waals surface area contributed by atoms with Crippen molar-refractivity contribution in [1.29, 1.82) is 0 Å². The maximum Gasteiger partial charge on any atom is 0.191 e. The largest absolute Gasteiger partial charge is 0.379 e. The van der Waals surface area contributed by atoms with Gasteiger partial charge in [-0.15, -0.1) is 11.3 Å². The Morgan fingerprint density at radius 2 is 2.24 bits per heavy atom. The molecule has 0 bridgehead atoms. The van der Waals surface area contributed by atoms with Crippen LogP contribution in [-0.2, 0) is 11.2 Å². The van der Waals surface area contributed by atoms with Gasteiger partial charge in [0, 0.05) is 38.0 Å². The van der Waals surface area contributed by atoms with Crippen molar-refractivity contribution in [2.24, 2.45) is 4.99 Å². The van der Waals surface area contributed by atoms with Gasteiger partial charge in [0.1, 0.15) is 0 Å². The molecular formula is C15H28N4OS. The van der Waals surface area contributed by atoms with E-state index in [0.29, 0.717) is 6.10 Å². The number of rotatable bonds is 9. The molecule has 0 spiro atoms. The van der Waals surface area contributed by atoms with Gasteiger partial charge in [-0.2, -0.15) is 0 Å². The molecule has 5 nitrogen and oxygen atoms in total. The van der Waals surface area contributed by atoms with E-state index in [1.165, 1.54) is 0 Å². The molecule has 0 unspecified atom stereocenters. The predicted octanol–water partition coefficient (Wildman–Crippen LogP) is 2.36. The first-order chi connectivity index (χ1) is 10.1. The number of hydrogen-bond donors (Lipinski definition) is 2. The highest BCUT2D eigenvalue weighted by Crippen LogP contribution is 2.07. The fraction of sp³-hybridized carbons (Fsp3) is 0.733. The highest BCUT2D eigenvalue weighted by Gasteiger charge is 2.00. The molecule has 1 aromatic rings. The second-order valence-corrected chi connectivity index (χ2v) is 6.13. The summed E-state index contributed by atoms with van der Waals surface area (Å²) in [5.41, 5.74) is 1.14. The minimum absolute atomic E-state index is 0.293. The van der Waals surface area contributed by atoms with Crippen LogP contribution in [0.5, 0.6) is 0 Å². The minimum atomic E-state index is 0.293. The van der Waals surface area contributed by atoms with Crippen LogP contribution < -0.4 is 10.6 Å². The molecular weight excluding hydrogens is 284 g/mol. The van der Waals surface area contributed by atoms with Crippen LogP contribution in [0.25, 0.3) is 0 Å². The van der Waals surface area contributed by atoms with E-state index in [9.17, 15) is 0 Å². The molecule has 0 saturated carbocycles. The van der Waals surface area contributed by atoms with Crippen LogP contribution in [0.2, 0.25) is 0 Å². The zero-order valence-electron chi connectivity index (χ0n) is 13.6. The van der Waals surface area contributed by atoms with Crippen molar-refractivity contribution in [3.05, 3.63) is 16.1 Å². The zero-order chi connectivity index (χ0) is 15.5. The second kappa shape index (κ2) is 10.6. The van der Waals surface area contributed by atoms with Gasteiger partial charge in [0.15, 0.2) is 5.96 Å². The van der Waals surface area contributed by atoms with E-state index in [-0.39, 0.29) is 0 Å². The first-order valence-electron chi connectivity index (χ1n) is 7.66. The number of nitrogens with zero attached hydrogens (tertiary/aromatic N) is 2. The number of nitrogens with one attached hydrogen (secondary N) is 2. The Morgan fingerprint density at radius 3 is 2.86 bits per heavy atom. The molecule has 0 atom stereocenters. The van der Waals surface area contributed by atoms with E-state index < -0.39 is 0 Å². The lowest BCUT2D eigenvalue weighted by Crippen LogP contribution is -2.38. The van der Waals surface area contributed by atoms with Gasteiger partial charge in [-0.25, -0.2) is 4.98 Å². The van der Waals surface area contributed by atoms with Crippen LogP contribution >= 0.6 is 11.3 Å². The Kier molecular flexibility index (Phi) is 9.01. The smallest absolute Gasteiger partial charge is 0.191 e. The van der Waals surface area contributed by atoms with E-state index in [0.717, 1.165) is 55.7 Å². The van der Waals surface area contributed by atoms with Crippen molar-refractivity contribution >= 4 is 17.3 Å². The van der Waals surface area contributed by atoms with Gasteiger partial charge in [-0.1, -0.05) is 0 Å². The van der Waals surface area contributed by atoms with Crippen LogP contribution in [0.1, 0.15) is 37.9 Å². The average Bonchev–Trinajstić information content (AvgIpc) is 2.83. The molecule has 6 heteroatoms. The molecule has 0 amide bonds. The number of ether oxygens (including phenoxy) is 1. The van der Waals surface area contributed by atoms with Crippen molar-refractivity contribution in [3.8, 4) is 0 Å². The van der Waals surface area contributed by atoms with Crippen molar-refractivity contribution < 1.29 is 4.74 Å². The van der Waals surface area contributed by atoms with Crippen molar-refractivity contribution in [2.45, 2.75) is 46.6 Å². The zero-order valence-corrected chi connectivity index (χ0v) is 14.4. The van der Waals surface area contributed by atoms with Gasteiger partial charge in [-0.05, 0) is 34.1 Å². The number of guanidine groups is 1. The summed E-state index contributed by atoms with van der Waals surface area (Å²) < 4.78 is 5.51. The van der Waals surface area contributed by atoms with E-state index in [4.69, 9.17) is 4.74 Å². The quantitative estimate of drug-likeness (QED) is 0.417. The molecule has 21 heavy (non-hydrogen) atoms. The summed E-state index contributed by atoms with van der Waals surface area (Å²) in [6.45, 7) is 11.5. The lowest BCUT2D eigenvalue weighted by molar-refractivity contribution is 0.0782. The molecule has 0 aliphatic rings. The van der Waals surface area contributed by atoms with Gasteiger partial charge in [0.25, 0.3) is 0 Å². The van der Waals surface area contributed by atoms with Gasteiger partial charge in [0.05, 0.1) is 16.8 Å². The van der Waals surface area contributed by atoms with Crippen LogP contribution in [0.4, 0.5) is 0 Å². The summed E-state index contributed by atoms with van der Waals surface area (Å²) in [7, 11) is 0. The molecule has 0 saturated heterocycles. The number of aliphatic imine (C=N–C) groups is 1. The summed E-state index contributed by atoms with van der Waals surface area (Å²) in [5.74, 6) is 0.869. The first-order valence-corrected chi connectivity index (χ1v) is 8.54. The molecule has 0 aliphatic heterocycles. The molecule has 0 radical (unpaired) electrons. The summed E-state index contributed by atoms with van der Waals surface area (Å²) >= 11 is 1.70. The molecule has 120 valence electrons. The third kappa shape index (κ3) is 8.67. The molecule has 1 heterocycles. The molecule has 1 aromatic heterocycles. The van der Waals surface area contributed by atoms with Crippen molar-refractivity contribution in [1.82, 2.24) is 15.6 Å². The summed E-state index contributed by atoms with van der Waals surface area (Å²) in [4.78, 5) is 9.00. The first kappa shape index (κ1) is 17.9.